The number of carbonyl (C=O) groups is 1. The summed E-state index contributed by atoms with van der Waals surface area (Å²) in [7, 11) is 0. The zero-order valence-electron chi connectivity index (χ0n) is 16.2. The summed E-state index contributed by atoms with van der Waals surface area (Å²) in [6.45, 7) is 10.4. The lowest BCUT2D eigenvalue weighted by Gasteiger charge is -2.31. The van der Waals surface area contributed by atoms with Crippen LogP contribution in [0.25, 0.3) is 0 Å². The molecule has 1 N–H and O–H groups in total. The molecule has 0 bridgehead atoms. The molecular weight excluding hydrogens is 314 g/mol. The Hall–Kier alpha value is -1.65. The topological polar surface area (TPSA) is 68.0 Å². The van der Waals surface area contributed by atoms with Crippen LogP contribution in [0.1, 0.15) is 77.9 Å². The summed E-state index contributed by atoms with van der Waals surface area (Å²) in [6.07, 6.45) is 8.57. The number of amides is 1. The number of hydrogen-bond acceptors (Lipinski definition) is 4. The second-order valence-corrected chi connectivity index (χ2v) is 8.69. The van der Waals surface area contributed by atoms with Crippen LogP contribution in [-0.2, 0) is 10.3 Å². The summed E-state index contributed by atoms with van der Waals surface area (Å²) in [4.78, 5) is 17.6. The first-order chi connectivity index (χ1) is 11.8. The first-order valence-electron chi connectivity index (χ1n) is 9.54. The maximum atomic E-state index is 13.2. The number of nitrogens with zero attached hydrogens (tertiary/aromatic N) is 2. The van der Waals surface area contributed by atoms with Gasteiger partial charge in [-0.15, -0.1) is 0 Å². The Balaban J connectivity index is 1.84. The first-order valence-corrected chi connectivity index (χ1v) is 9.54. The van der Waals surface area contributed by atoms with Gasteiger partial charge < -0.3 is 9.84 Å². The Morgan fingerprint density at radius 3 is 2.36 bits per heavy atom. The highest BCUT2D eigenvalue weighted by atomic mass is 16.5. The van der Waals surface area contributed by atoms with E-state index in [1.54, 1.807) is 6.92 Å². The second kappa shape index (κ2) is 6.58. The van der Waals surface area contributed by atoms with Crippen molar-refractivity contribution in [3.8, 4) is 0 Å². The van der Waals surface area contributed by atoms with Crippen molar-refractivity contribution in [3.63, 3.8) is 0 Å². The van der Waals surface area contributed by atoms with E-state index in [1.165, 1.54) is 18.4 Å². The van der Waals surface area contributed by atoms with Crippen LogP contribution in [0.3, 0.4) is 0 Å². The van der Waals surface area contributed by atoms with Gasteiger partial charge in [0.05, 0.1) is 5.92 Å². The predicted octanol–water partition coefficient (Wildman–Crippen LogP) is 4.28. The van der Waals surface area contributed by atoms with Gasteiger partial charge in [-0.3, -0.25) is 4.79 Å². The van der Waals surface area contributed by atoms with E-state index >= 15 is 0 Å². The van der Waals surface area contributed by atoms with Gasteiger partial charge in [0.25, 0.3) is 0 Å². The number of aryl methyl sites for hydroxylation is 1. The number of nitrogens with one attached hydrogen (secondary N) is 1. The number of carbonyl (C=O) groups excluding carboxylic acids is 1. The molecule has 2 aliphatic rings. The van der Waals surface area contributed by atoms with Crippen molar-refractivity contribution < 1.29 is 9.32 Å². The summed E-state index contributed by atoms with van der Waals surface area (Å²) < 4.78 is 5.23. The molecule has 0 spiro atoms. The van der Waals surface area contributed by atoms with E-state index in [0.29, 0.717) is 17.6 Å². The lowest BCUT2D eigenvalue weighted by atomic mass is 9.88. The molecule has 25 heavy (non-hydrogen) atoms. The molecule has 2 aliphatic carbocycles. The van der Waals surface area contributed by atoms with Crippen LogP contribution in [0.4, 0.5) is 0 Å². The van der Waals surface area contributed by atoms with Crippen LogP contribution in [-0.4, -0.2) is 16.0 Å². The van der Waals surface area contributed by atoms with Crippen molar-refractivity contribution in [3.05, 3.63) is 23.4 Å². The summed E-state index contributed by atoms with van der Waals surface area (Å²) >= 11 is 0. The van der Waals surface area contributed by atoms with Crippen molar-refractivity contribution in [2.24, 2.45) is 17.3 Å². The number of rotatable bonds is 4. The van der Waals surface area contributed by atoms with Crippen LogP contribution in [0.5, 0.6) is 0 Å². The standard InChI is InChI=1S/C20H31N3O2/c1-13(2)12-15-16(19(15,4)5)17(24)22-20(10-8-6-7-9-11-20)18-21-14(3)25-23-18/h12,15-16H,6-11H2,1-5H3,(H,22,24). The van der Waals surface area contributed by atoms with E-state index in [1.807, 2.05) is 0 Å². The summed E-state index contributed by atoms with van der Waals surface area (Å²) in [5, 5.41) is 7.55. The average Bonchev–Trinajstić information content (AvgIpc) is 2.90. The van der Waals surface area contributed by atoms with Gasteiger partial charge in [0.2, 0.25) is 11.8 Å². The fourth-order valence-corrected chi connectivity index (χ4v) is 4.39. The summed E-state index contributed by atoms with van der Waals surface area (Å²) in [5.41, 5.74) is 0.811. The monoisotopic (exact) mass is 345 g/mol. The van der Waals surface area contributed by atoms with Crippen molar-refractivity contribution in [1.29, 1.82) is 0 Å². The van der Waals surface area contributed by atoms with Crippen molar-refractivity contribution in [2.75, 3.05) is 0 Å². The maximum Gasteiger partial charge on any atom is 0.225 e. The molecular formula is C20H31N3O2. The minimum absolute atomic E-state index is 0.0143. The molecule has 2 saturated carbocycles. The van der Waals surface area contributed by atoms with E-state index in [2.05, 4.69) is 49.2 Å². The fourth-order valence-electron chi connectivity index (χ4n) is 4.39. The molecule has 1 aromatic heterocycles. The van der Waals surface area contributed by atoms with E-state index in [-0.39, 0.29) is 17.2 Å². The maximum absolute atomic E-state index is 13.2. The van der Waals surface area contributed by atoms with Crippen LogP contribution < -0.4 is 5.32 Å². The molecule has 1 amide bonds. The minimum Gasteiger partial charge on any atom is -0.343 e. The summed E-state index contributed by atoms with van der Waals surface area (Å²) in [6, 6.07) is 0. The third-order valence-corrected chi connectivity index (χ3v) is 5.98. The van der Waals surface area contributed by atoms with Crippen LogP contribution in [0.2, 0.25) is 0 Å². The van der Waals surface area contributed by atoms with E-state index in [9.17, 15) is 4.79 Å². The molecule has 0 saturated heterocycles. The molecule has 5 heteroatoms. The highest BCUT2D eigenvalue weighted by Crippen LogP contribution is 2.59. The Morgan fingerprint density at radius 1 is 1.20 bits per heavy atom. The Morgan fingerprint density at radius 2 is 1.84 bits per heavy atom. The van der Waals surface area contributed by atoms with Gasteiger partial charge in [-0.25, -0.2) is 0 Å². The quantitative estimate of drug-likeness (QED) is 0.653. The van der Waals surface area contributed by atoms with Crippen molar-refractivity contribution in [2.45, 2.75) is 78.7 Å². The normalized spacial score (nSPS) is 27.2. The molecule has 2 unspecified atom stereocenters. The van der Waals surface area contributed by atoms with Gasteiger partial charge in [-0.05, 0) is 38.0 Å². The molecule has 0 aliphatic heterocycles. The van der Waals surface area contributed by atoms with Gasteiger partial charge in [0, 0.05) is 6.92 Å². The van der Waals surface area contributed by atoms with Crippen LogP contribution >= 0.6 is 0 Å². The van der Waals surface area contributed by atoms with Crippen molar-refractivity contribution in [1.82, 2.24) is 15.5 Å². The number of aromatic nitrogens is 2. The molecule has 138 valence electrons. The highest BCUT2D eigenvalue weighted by molar-refractivity contribution is 5.84. The third-order valence-electron chi connectivity index (χ3n) is 5.98. The smallest absolute Gasteiger partial charge is 0.225 e. The Labute approximate surface area is 150 Å². The predicted molar refractivity (Wildman–Crippen MR) is 96.7 cm³/mol. The van der Waals surface area contributed by atoms with E-state index in [4.69, 9.17) is 4.52 Å². The van der Waals surface area contributed by atoms with Gasteiger partial charge in [-0.1, -0.05) is 56.3 Å². The molecule has 2 fully saturated rings. The van der Waals surface area contributed by atoms with Crippen LogP contribution in [0, 0.1) is 24.2 Å². The van der Waals surface area contributed by atoms with Crippen molar-refractivity contribution >= 4 is 5.91 Å². The Kier molecular flexibility index (Phi) is 4.78. The minimum atomic E-state index is -0.473. The molecule has 5 nitrogen and oxygen atoms in total. The van der Waals surface area contributed by atoms with E-state index in [0.717, 1.165) is 25.7 Å². The summed E-state index contributed by atoms with van der Waals surface area (Å²) in [5.74, 6) is 1.68. The SMILES string of the molecule is CC(C)=CC1C(C(=O)NC2(c3noc(C)n3)CCCCCC2)C1(C)C. The van der Waals surface area contributed by atoms with Crippen LogP contribution in [0.15, 0.2) is 16.2 Å². The highest BCUT2D eigenvalue weighted by Gasteiger charge is 2.61. The second-order valence-electron chi connectivity index (χ2n) is 8.69. The Bertz CT molecular complexity index is 662. The van der Waals surface area contributed by atoms with Gasteiger partial charge in [0.1, 0.15) is 5.54 Å². The molecule has 0 aromatic carbocycles. The zero-order chi connectivity index (χ0) is 18.2. The lowest BCUT2D eigenvalue weighted by Crippen LogP contribution is -2.47. The fraction of sp³-hybridized carbons (Fsp3) is 0.750. The first kappa shape index (κ1) is 18.2. The molecule has 0 radical (unpaired) electrons. The third kappa shape index (κ3) is 3.51. The molecule has 3 rings (SSSR count). The van der Waals surface area contributed by atoms with Gasteiger partial charge in [0.15, 0.2) is 5.82 Å². The molecule has 1 heterocycles. The number of allylic oxidation sites excluding steroid dienone is 2. The average molecular weight is 345 g/mol. The molecule has 1 aromatic rings. The van der Waals surface area contributed by atoms with Gasteiger partial charge >= 0.3 is 0 Å². The largest absolute Gasteiger partial charge is 0.343 e. The van der Waals surface area contributed by atoms with Gasteiger partial charge in [-0.2, -0.15) is 4.98 Å². The van der Waals surface area contributed by atoms with E-state index < -0.39 is 5.54 Å². The molecule has 2 atom stereocenters. The lowest BCUT2D eigenvalue weighted by molar-refractivity contribution is -0.125. The number of hydrogen-bond donors (Lipinski definition) is 1. The zero-order valence-corrected chi connectivity index (χ0v) is 16.2.